The summed E-state index contributed by atoms with van der Waals surface area (Å²) >= 11 is 0. The molecule has 0 aliphatic carbocycles. The summed E-state index contributed by atoms with van der Waals surface area (Å²) < 4.78 is 25.0. The number of fused-ring (bicyclic) bond motifs is 1. The molecule has 2 N–H and O–H groups in total. The van der Waals surface area contributed by atoms with E-state index in [-0.39, 0.29) is 42.1 Å². The van der Waals surface area contributed by atoms with Crippen molar-refractivity contribution in [3.05, 3.63) is 35.9 Å². The Morgan fingerprint density at radius 2 is 1.89 bits per heavy atom. The minimum atomic E-state index is -3.29. The molecule has 7 nitrogen and oxygen atoms in total. The van der Waals surface area contributed by atoms with Crippen molar-refractivity contribution in [3.8, 4) is 0 Å². The molecule has 27 heavy (non-hydrogen) atoms. The van der Waals surface area contributed by atoms with E-state index in [9.17, 15) is 18.0 Å². The first-order chi connectivity index (χ1) is 12.8. The lowest BCUT2D eigenvalue weighted by molar-refractivity contribution is -0.126. The zero-order chi connectivity index (χ0) is 19.6. The summed E-state index contributed by atoms with van der Waals surface area (Å²) in [5.74, 6) is -0.872. The maximum absolute atomic E-state index is 12.8. The molecule has 1 aromatic rings. The van der Waals surface area contributed by atoms with Crippen molar-refractivity contribution >= 4 is 21.8 Å². The zero-order valence-corrected chi connectivity index (χ0v) is 16.5. The number of likely N-dealkylation sites (tertiary alicyclic amines) is 1. The van der Waals surface area contributed by atoms with Crippen molar-refractivity contribution in [3.63, 3.8) is 0 Å². The van der Waals surface area contributed by atoms with Gasteiger partial charge in [-0.2, -0.15) is 0 Å². The van der Waals surface area contributed by atoms with E-state index in [1.165, 1.54) is 4.90 Å². The van der Waals surface area contributed by atoms with Gasteiger partial charge >= 0.3 is 6.03 Å². The second-order valence-electron chi connectivity index (χ2n) is 7.68. The molecule has 2 fully saturated rings. The average molecular weight is 394 g/mol. The number of nitrogens with zero attached hydrogens (tertiary/aromatic N) is 1. The number of sulfone groups is 1. The SMILES string of the molecule is CC(C)NC(=O)N1C[C@H]2[C@@H](C(=O)NCc3ccccc3)CCS(=O)(=O)[C@H]2C1. The number of benzene rings is 1. The van der Waals surface area contributed by atoms with Crippen molar-refractivity contribution in [1.82, 2.24) is 15.5 Å². The van der Waals surface area contributed by atoms with E-state index in [0.29, 0.717) is 19.5 Å². The van der Waals surface area contributed by atoms with Gasteiger partial charge in [0.15, 0.2) is 9.84 Å². The number of urea groups is 1. The van der Waals surface area contributed by atoms with Crippen molar-refractivity contribution in [1.29, 1.82) is 0 Å². The third kappa shape index (κ3) is 4.43. The normalized spacial score (nSPS) is 26.5. The van der Waals surface area contributed by atoms with Gasteiger partial charge in [-0.05, 0) is 25.8 Å². The van der Waals surface area contributed by atoms with Crippen LogP contribution in [-0.4, -0.2) is 55.4 Å². The molecule has 0 radical (unpaired) electrons. The van der Waals surface area contributed by atoms with Crippen LogP contribution in [0.2, 0.25) is 0 Å². The van der Waals surface area contributed by atoms with Gasteiger partial charge in [0.05, 0.1) is 11.0 Å². The number of hydrogen-bond acceptors (Lipinski definition) is 4. The first-order valence-corrected chi connectivity index (χ1v) is 11.1. The molecule has 148 valence electrons. The second kappa shape index (κ2) is 7.88. The maximum atomic E-state index is 12.8. The van der Waals surface area contributed by atoms with Gasteiger partial charge in [0.2, 0.25) is 5.91 Å². The molecule has 3 atom stereocenters. The number of rotatable bonds is 4. The van der Waals surface area contributed by atoms with E-state index < -0.39 is 15.1 Å². The third-order valence-electron chi connectivity index (χ3n) is 5.35. The molecule has 0 bridgehead atoms. The molecule has 0 saturated carbocycles. The fraction of sp³-hybridized carbons (Fsp3) is 0.579. The molecule has 0 aromatic heterocycles. The quantitative estimate of drug-likeness (QED) is 0.802. The number of amides is 3. The van der Waals surface area contributed by atoms with E-state index in [4.69, 9.17) is 0 Å². The third-order valence-corrected chi connectivity index (χ3v) is 7.57. The first-order valence-electron chi connectivity index (χ1n) is 9.36. The summed E-state index contributed by atoms with van der Waals surface area (Å²) in [5.41, 5.74) is 0.996. The lowest BCUT2D eigenvalue weighted by Crippen LogP contribution is -2.47. The minimum absolute atomic E-state index is 0.00275. The highest BCUT2D eigenvalue weighted by atomic mass is 32.2. The lowest BCUT2D eigenvalue weighted by atomic mass is 9.87. The zero-order valence-electron chi connectivity index (χ0n) is 15.7. The van der Waals surface area contributed by atoms with Crippen LogP contribution in [-0.2, 0) is 21.2 Å². The maximum Gasteiger partial charge on any atom is 0.317 e. The average Bonchev–Trinajstić information content (AvgIpc) is 3.07. The van der Waals surface area contributed by atoms with E-state index in [1.807, 2.05) is 44.2 Å². The highest BCUT2D eigenvalue weighted by Crippen LogP contribution is 2.37. The Kier molecular flexibility index (Phi) is 5.74. The lowest BCUT2D eigenvalue weighted by Gasteiger charge is -2.31. The van der Waals surface area contributed by atoms with Crippen LogP contribution in [0.1, 0.15) is 25.8 Å². The molecule has 2 saturated heterocycles. The number of hydrogen-bond donors (Lipinski definition) is 2. The van der Waals surface area contributed by atoms with Gasteiger partial charge in [0.25, 0.3) is 0 Å². The van der Waals surface area contributed by atoms with Crippen LogP contribution in [0.25, 0.3) is 0 Å². The predicted octanol–water partition coefficient (Wildman–Crippen LogP) is 1.16. The molecule has 2 heterocycles. The molecule has 2 aliphatic rings. The van der Waals surface area contributed by atoms with Gasteiger partial charge < -0.3 is 15.5 Å². The Bertz CT molecular complexity index is 794. The van der Waals surface area contributed by atoms with Gasteiger partial charge in [-0.25, -0.2) is 13.2 Å². The van der Waals surface area contributed by atoms with Gasteiger partial charge in [-0.1, -0.05) is 30.3 Å². The topological polar surface area (TPSA) is 95.6 Å². The largest absolute Gasteiger partial charge is 0.352 e. The summed E-state index contributed by atoms with van der Waals surface area (Å²) in [7, 11) is -3.29. The van der Waals surface area contributed by atoms with E-state index in [0.717, 1.165) is 5.56 Å². The Hall–Kier alpha value is -2.09. The highest BCUT2D eigenvalue weighted by Gasteiger charge is 2.51. The molecule has 8 heteroatoms. The van der Waals surface area contributed by atoms with Crippen LogP contribution >= 0.6 is 0 Å². The van der Waals surface area contributed by atoms with E-state index in [2.05, 4.69) is 10.6 Å². The smallest absolute Gasteiger partial charge is 0.317 e. The van der Waals surface area contributed by atoms with Crippen LogP contribution in [0.3, 0.4) is 0 Å². The Labute approximate surface area is 160 Å². The molecule has 2 aliphatic heterocycles. The Morgan fingerprint density at radius 3 is 2.56 bits per heavy atom. The van der Waals surface area contributed by atoms with Crippen LogP contribution in [0.5, 0.6) is 0 Å². The van der Waals surface area contributed by atoms with Crippen molar-refractivity contribution in [2.75, 3.05) is 18.8 Å². The van der Waals surface area contributed by atoms with Gasteiger partial charge in [-0.15, -0.1) is 0 Å². The van der Waals surface area contributed by atoms with Crippen LogP contribution in [0, 0.1) is 11.8 Å². The number of carbonyl (C=O) groups is 2. The van der Waals surface area contributed by atoms with Gasteiger partial charge in [0, 0.05) is 37.5 Å². The molecule has 0 unspecified atom stereocenters. The van der Waals surface area contributed by atoms with Crippen LogP contribution in [0.4, 0.5) is 4.79 Å². The molecule has 0 spiro atoms. The Balaban J connectivity index is 1.69. The van der Waals surface area contributed by atoms with E-state index >= 15 is 0 Å². The minimum Gasteiger partial charge on any atom is -0.352 e. The molecule has 3 rings (SSSR count). The Morgan fingerprint density at radius 1 is 1.19 bits per heavy atom. The summed E-state index contributed by atoms with van der Waals surface area (Å²) in [5, 5.41) is 5.08. The van der Waals surface area contributed by atoms with E-state index in [1.54, 1.807) is 0 Å². The molecule has 1 aromatic carbocycles. The van der Waals surface area contributed by atoms with Gasteiger partial charge in [-0.3, -0.25) is 4.79 Å². The summed E-state index contributed by atoms with van der Waals surface area (Å²) in [6.07, 6.45) is 0.309. The standard InChI is InChI=1S/C19H27N3O4S/c1-13(2)21-19(24)22-11-16-15(8-9-27(25,26)17(16)12-22)18(23)20-10-14-6-4-3-5-7-14/h3-7,13,15-17H,8-12H2,1-2H3,(H,20,23)(H,21,24)/t15-,16-,17-/m0/s1. The monoisotopic (exact) mass is 393 g/mol. The number of carbonyl (C=O) groups excluding carboxylic acids is 2. The second-order valence-corrected chi connectivity index (χ2v) is 10.0. The summed E-state index contributed by atoms with van der Waals surface area (Å²) in [6.45, 7) is 4.59. The number of nitrogens with one attached hydrogen (secondary N) is 2. The van der Waals surface area contributed by atoms with Crippen molar-refractivity contribution in [2.24, 2.45) is 11.8 Å². The van der Waals surface area contributed by atoms with Crippen LogP contribution in [0.15, 0.2) is 30.3 Å². The van der Waals surface area contributed by atoms with Crippen LogP contribution < -0.4 is 10.6 Å². The summed E-state index contributed by atoms with van der Waals surface area (Å²) in [4.78, 5) is 26.6. The predicted molar refractivity (Wildman–Crippen MR) is 103 cm³/mol. The molecule has 3 amide bonds. The molecular formula is C19H27N3O4S. The van der Waals surface area contributed by atoms with Crippen molar-refractivity contribution < 1.29 is 18.0 Å². The fourth-order valence-electron chi connectivity index (χ4n) is 3.97. The summed E-state index contributed by atoms with van der Waals surface area (Å²) in [6, 6.07) is 9.31. The van der Waals surface area contributed by atoms with Gasteiger partial charge in [0.1, 0.15) is 0 Å². The fourth-order valence-corrected chi connectivity index (χ4v) is 6.07. The molecular weight excluding hydrogens is 366 g/mol. The van der Waals surface area contributed by atoms with Crippen molar-refractivity contribution in [2.45, 2.75) is 38.1 Å². The first kappa shape index (κ1) is 19.7. The highest BCUT2D eigenvalue weighted by molar-refractivity contribution is 7.92.